The lowest BCUT2D eigenvalue weighted by Crippen LogP contribution is -2.09. The minimum absolute atomic E-state index is 1.04. The summed E-state index contributed by atoms with van der Waals surface area (Å²) in [5, 5.41) is 4.62. The first kappa shape index (κ1) is 11.2. The number of nitrogens with one attached hydrogen (secondary N) is 1. The predicted molar refractivity (Wildman–Crippen MR) is 69.9 cm³/mol. The molecule has 1 aromatic carbocycles. The first-order valence-electron chi connectivity index (χ1n) is 5.98. The molecule has 0 unspecified atom stereocenters. The number of hydrogen-bond acceptors (Lipinski definition) is 1. The molecule has 0 aliphatic carbocycles. The molecule has 16 heavy (non-hydrogen) atoms. The maximum absolute atomic E-state index is 3.21. The van der Waals surface area contributed by atoms with E-state index in [1.165, 1.54) is 22.0 Å². The molecule has 1 aromatic heterocycles. The number of hydrogen-bond donors (Lipinski definition) is 1. The highest BCUT2D eigenvalue weighted by atomic mass is 14.9. The maximum atomic E-state index is 3.21. The Kier molecular flexibility index (Phi) is 3.30. The molecule has 86 valence electrons. The average Bonchev–Trinajstić information content (AvgIpc) is 2.64. The van der Waals surface area contributed by atoms with Crippen LogP contribution < -0.4 is 5.32 Å². The van der Waals surface area contributed by atoms with Gasteiger partial charge in [0.15, 0.2) is 0 Å². The van der Waals surface area contributed by atoms with E-state index < -0.39 is 0 Å². The number of likely N-dealkylation sites (N-methyl/N-ethyl adjacent to an activating group) is 1. The lowest BCUT2D eigenvalue weighted by molar-refractivity contribution is 0.791. The minimum Gasteiger partial charge on any atom is -0.350 e. The molecule has 0 spiro atoms. The SMILES string of the molecule is CCc1cccc2c(CCNC)cn(C)c12. The molecule has 2 nitrogen and oxygen atoms in total. The Labute approximate surface area is 97.3 Å². The first-order chi connectivity index (χ1) is 7.77. The van der Waals surface area contributed by atoms with Gasteiger partial charge in [0.05, 0.1) is 5.52 Å². The smallest absolute Gasteiger partial charge is 0.0512 e. The van der Waals surface area contributed by atoms with Gasteiger partial charge in [-0.1, -0.05) is 25.1 Å². The Morgan fingerprint density at radius 3 is 2.75 bits per heavy atom. The fourth-order valence-corrected chi connectivity index (χ4v) is 2.38. The van der Waals surface area contributed by atoms with Crippen LogP contribution in [0, 0.1) is 0 Å². The van der Waals surface area contributed by atoms with Crippen LogP contribution in [-0.2, 0) is 19.9 Å². The molecule has 0 saturated carbocycles. The summed E-state index contributed by atoms with van der Waals surface area (Å²) in [4.78, 5) is 0. The summed E-state index contributed by atoms with van der Waals surface area (Å²) >= 11 is 0. The fourth-order valence-electron chi connectivity index (χ4n) is 2.38. The summed E-state index contributed by atoms with van der Waals surface area (Å²) in [6.07, 6.45) is 4.46. The van der Waals surface area contributed by atoms with Gasteiger partial charge in [0, 0.05) is 18.6 Å². The van der Waals surface area contributed by atoms with E-state index in [0.29, 0.717) is 0 Å². The first-order valence-corrected chi connectivity index (χ1v) is 5.98. The third-order valence-corrected chi connectivity index (χ3v) is 3.19. The topological polar surface area (TPSA) is 17.0 Å². The number of para-hydroxylation sites is 1. The van der Waals surface area contributed by atoms with Crippen LogP contribution in [0.5, 0.6) is 0 Å². The summed E-state index contributed by atoms with van der Waals surface area (Å²) in [7, 11) is 4.15. The summed E-state index contributed by atoms with van der Waals surface area (Å²) in [5.41, 5.74) is 4.29. The van der Waals surface area contributed by atoms with Crippen LogP contribution >= 0.6 is 0 Å². The fraction of sp³-hybridized carbons (Fsp3) is 0.429. The molecule has 0 atom stereocenters. The predicted octanol–water partition coefficient (Wildman–Crippen LogP) is 2.50. The molecule has 0 amide bonds. The standard InChI is InChI=1S/C14H20N2/c1-4-11-6-5-7-13-12(8-9-15-2)10-16(3)14(11)13/h5-7,10,15H,4,8-9H2,1-3H3. The molecule has 0 bridgehead atoms. The van der Waals surface area contributed by atoms with E-state index in [2.05, 4.69) is 48.3 Å². The van der Waals surface area contributed by atoms with Crippen molar-refractivity contribution in [3.8, 4) is 0 Å². The van der Waals surface area contributed by atoms with Crippen LogP contribution in [-0.4, -0.2) is 18.2 Å². The molecule has 0 aliphatic heterocycles. The van der Waals surface area contributed by atoms with E-state index in [-0.39, 0.29) is 0 Å². The van der Waals surface area contributed by atoms with Crippen LogP contribution in [0.25, 0.3) is 10.9 Å². The van der Waals surface area contributed by atoms with E-state index in [4.69, 9.17) is 0 Å². The Balaban J connectivity index is 2.53. The van der Waals surface area contributed by atoms with Crippen molar-refractivity contribution in [3.63, 3.8) is 0 Å². The zero-order valence-corrected chi connectivity index (χ0v) is 10.4. The van der Waals surface area contributed by atoms with Crippen LogP contribution in [0.3, 0.4) is 0 Å². The van der Waals surface area contributed by atoms with Crippen molar-refractivity contribution < 1.29 is 0 Å². The highest BCUT2D eigenvalue weighted by Gasteiger charge is 2.08. The Hall–Kier alpha value is -1.28. The number of fused-ring (bicyclic) bond motifs is 1. The van der Waals surface area contributed by atoms with E-state index in [9.17, 15) is 0 Å². The Morgan fingerprint density at radius 2 is 2.06 bits per heavy atom. The summed E-state index contributed by atoms with van der Waals surface area (Å²) in [6, 6.07) is 6.63. The number of benzene rings is 1. The van der Waals surface area contributed by atoms with Gasteiger partial charge in [-0.25, -0.2) is 0 Å². The van der Waals surface area contributed by atoms with E-state index in [1.807, 2.05) is 7.05 Å². The van der Waals surface area contributed by atoms with Crippen LogP contribution in [0.15, 0.2) is 24.4 Å². The van der Waals surface area contributed by atoms with Gasteiger partial charge in [-0.2, -0.15) is 0 Å². The highest BCUT2D eigenvalue weighted by Crippen LogP contribution is 2.24. The van der Waals surface area contributed by atoms with Gasteiger partial charge in [0.25, 0.3) is 0 Å². The van der Waals surface area contributed by atoms with Crippen molar-refractivity contribution in [1.82, 2.24) is 9.88 Å². The molecule has 0 fully saturated rings. The van der Waals surface area contributed by atoms with Crippen LogP contribution in [0.1, 0.15) is 18.1 Å². The molecule has 0 radical (unpaired) electrons. The van der Waals surface area contributed by atoms with Gasteiger partial charge in [-0.05, 0) is 37.6 Å². The zero-order chi connectivity index (χ0) is 11.5. The van der Waals surface area contributed by atoms with Crippen molar-refractivity contribution in [2.45, 2.75) is 19.8 Å². The van der Waals surface area contributed by atoms with Gasteiger partial charge in [-0.15, -0.1) is 0 Å². The number of rotatable bonds is 4. The second kappa shape index (κ2) is 4.71. The minimum atomic E-state index is 1.04. The third kappa shape index (κ3) is 1.85. The van der Waals surface area contributed by atoms with Gasteiger partial charge in [0.1, 0.15) is 0 Å². The van der Waals surface area contributed by atoms with Crippen molar-refractivity contribution in [1.29, 1.82) is 0 Å². The number of nitrogens with zero attached hydrogens (tertiary/aromatic N) is 1. The maximum Gasteiger partial charge on any atom is 0.0512 e. The van der Waals surface area contributed by atoms with Crippen LogP contribution in [0.2, 0.25) is 0 Å². The van der Waals surface area contributed by atoms with E-state index in [0.717, 1.165) is 19.4 Å². The summed E-state index contributed by atoms with van der Waals surface area (Å²) in [6.45, 7) is 3.25. The number of aryl methyl sites for hydroxylation is 2. The summed E-state index contributed by atoms with van der Waals surface area (Å²) < 4.78 is 2.26. The second-order valence-electron chi connectivity index (χ2n) is 4.29. The molecule has 0 aliphatic rings. The zero-order valence-electron chi connectivity index (χ0n) is 10.4. The second-order valence-corrected chi connectivity index (χ2v) is 4.29. The molecule has 1 N–H and O–H groups in total. The Bertz CT molecular complexity index is 483. The molecule has 2 heteroatoms. The molecule has 2 aromatic rings. The lowest BCUT2D eigenvalue weighted by Gasteiger charge is -2.03. The van der Waals surface area contributed by atoms with Crippen molar-refractivity contribution in [2.75, 3.05) is 13.6 Å². The van der Waals surface area contributed by atoms with Gasteiger partial charge in [0.2, 0.25) is 0 Å². The average molecular weight is 216 g/mol. The molecular weight excluding hydrogens is 196 g/mol. The molecular formula is C14H20N2. The van der Waals surface area contributed by atoms with E-state index in [1.54, 1.807) is 0 Å². The Morgan fingerprint density at radius 1 is 1.25 bits per heavy atom. The van der Waals surface area contributed by atoms with Crippen molar-refractivity contribution in [3.05, 3.63) is 35.5 Å². The summed E-state index contributed by atoms with van der Waals surface area (Å²) in [5.74, 6) is 0. The van der Waals surface area contributed by atoms with Gasteiger partial charge in [-0.3, -0.25) is 0 Å². The van der Waals surface area contributed by atoms with Crippen molar-refractivity contribution >= 4 is 10.9 Å². The molecule has 1 heterocycles. The van der Waals surface area contributed by atoms with Gasteiger partial charge >= 0.3 is 0 Å². The van der Waals surface area contributed by atoms with Crippen molar-refractivity contribution in [2.24, 2.45) is 7.05 Å². The largest absolute Gasteiger partial charge is 0.350 e. The normalized spacial score (nSPS) is 11.2. The number of aromatic nitrogens is 1. The third-order valence-electron chi connectivity index (χ3n) is 3.19. The van der Waals surface area contributed by atoms with Crippen LogP contribution in [0.4, 0.5) is 0 Å². The van der Waals surface area contributed by atoms with E-state index >= 15 is 0 Å². The lowest BCUT2D eigenvalue weighted by atomic mass is 10.1. The highest BCUT2D eigenvalue weighted by molar-refractivity contribution is 5.86. The quantitative estimate of drug-likeness (QED) is 0.831. The molecule has 0 saturated heterocycles. The monoisotopic (exact) mass is 216 g/mol. The van der Waals surface area contributed by atoms with Gasteiger partial charge < -0.3 is 9.88 Å². The molecule has 2 rings (SSSR count).